The van der Waals surface area contributed by atoms with Gasteiger partial charge in [0.1, 0.15) is 11.2 Å². The second-order valence-electron chi connectivity index (χ2n) is 13.2. The van der Waals surface area contributed by atoms with Crippen LogP contribution >= 0.6 is 0 Å². The van der Waals surface area contributed by atoms with Crippen molar-refractivity contribution in [1.82, 2.24) is 0 Å². The van der Waals surface area contributed by atoms with E-state index in [1.807, 2.05) is 0 Å². The molecule has 216 valence electrons. The summed E-state index contributed by atoms with van der Waals surface area (Å²) in [6, 6.07) is 53.3. The SMILES string of the molecule is CC1(C)c2ccc(-c3c4ccccc4c(-c4ccccc4)c4ccccc34)cc2-c2c1ccc1oc3c4ccccc4ccc3c21. The molecule has 1 aliphatic carbocycles. The monoisotopic (exact) mass is 586 g/mol. The molecule has 0 radical (unpaired) electrons. The maximum atomic E-state index is 6.66. The zero-order valence-corrected chi connectivity index (χ0v) is 25.8. The van der Waals surface area contributed by atoms with Crippen molar-refractivity contribution in [1.29, 1.82) is 0 Å². The van der Waals surface area contributed by atoms with Gasteiger partial charge in [-0.1, -0.05) is 141 Å². The van der Waals surface area contributed by atoms with Gasteiger partial charge in [-0.05, 0) is 89.6 Å². The van der Waals surface area contributed by atoms with Crippen LogP contribution in [0, 0.1) is 0 Å². The van der Waals surface area contributed by atoms with Crippen LogP contribution in [0.25, 0.3) is 87.6 Å². The van der Waals surface area contributed by atoms with E-state index in [4.69, 9.17) is 4.42 Å². The van der Waals surface area contributed by atoms with E-state index in [2.05, 4.69) is 159 Å². The minimum absolute atomic E-state index is 0.126. The summed E-state index contributed by atoms with van der Waals surface area (Å²) < 4.78 is 6.66. The molecular weight excluding hydrogens is 556 g/mol. The molecule has 0 fully saturated rings. The molecule has 10 rings (SSSR count). The lowest BCUT2D eigenvalue weighted by atomic mass is 9.81. The quantitative estimate of drug-likeness (QED) is 0.184. The first kappa shape index (κ1) is 25.6. The number of fused-ring (bicyclic) bond motifs is 11. The van der Waals surface area contributed by atoms with Crippen molar-refractivity contribution in [3.63, 3.8) is 0 Å². The number of furan rings is 1. The highest BCUT2D eigenvalue weighted by atomic mass is 16.3. The van der Waals surface area contributed by atoms with E-state index < -0.39 is 0 Å². The van der Waals surface area contributed by atoms with Crippen LogP contribution in [0.5, 0.6) is 0 Å². The Morgan fingerprint density at radius 2 is 1.02 bits per heavy atom. The molecule has 1 aliphatic rings. The molecule has 0 unspecified atom stereocenters. The lowest BCUT2D eigenvalue weighted by Crippen LogP contribution is -2.14. The largest absolute Gasteiger partial charge is 0.455 e. The van der Waals surface area contributed by atoms with Crippen molar-refractivity contribution in [3.05, 3.63) is 157 Å². The molecule has 1 heteroatoms. The third kappa shape index (κ3) is 3.35. The predicted octanol–water partition coefficient (Wildman–Crippen LogP) is 12.7. The van der Waals surface area contributed by atoms with Gasteiger partial charge in [-0.3, -0.25) is 0 Å². The topological polar surface area (TPSA) is 13.1 Å². The van der Waals surface area contributed by atoms with E-state index in [0.29, 0.717) is 0 Å². The van der Waals surface area contributed by atoms with Gasteiger partial charge in [0.25, 0.3) is 0 Å². The molecular formula is C45H30O. The van der Waals surface area contributed by atoms with Crippen LogP contribution in [0.4, 0.5) is 0 Å². The average Bonchev–Trinajstić information content (AvgIpc) is 3.59. The second-order valence-corrected chi connectivity index (χ2v) is 13.2. The summed E-state index contributed by atoms with van der Waals surface area (Å²) >= 11 is 0. The van der Waals surface area contributed by atoms with Crippen molar-refractivity contribution >= 4 is 54.3 Å². The zero-order chi connectivity index (χ0) is 30.6. The van der Waals surface area contributed by atoms with Gasteiger partial charge in [0.15, 0.2) is 0 Å². The van der Waals surface area contributed by atoms with E-state index in [-0.39, 0.29) is 5.41 Å². The molecule has 0 bridgehead atoms. The average molecular weight is 587 g/mol. The molecule has 9 aromatic rings. The minimum atomic E-state index is -0.126. The molecule has 0 atom stereocenters. The van der Waals surface area contributed by atoms with E-state index in [1.54, 1.807) is 0 Å². The Morgan fingerprint density at radius 3 is 1.72 bits per heavy atom. The molecule has 0 saturated carbocycles. The fraction of sp³-hybridized carbons (Fsp3) is 0.0667. The maximum Gasteiger partial charge on any atom is 0.143 e. The Labute approximate surface area is 267 Å². The molecule has 46 heavy (non-hydrogen) atoms. The van der Waals surface area contributed by atoms with Gasteiger partial charge in [0, 0.05) is 21.6 Å². The third-order valence-corrected chi connectivity index (χ3v) is 10.4. The van der Waals surface area contributed by atoms with Crippen LogP contribution in [0.1, 0.15) is 25.0 Å². The Bertz CT molecular complexity index is 2650. The summed E-state index contributed by atoms with van der Waals surface area (Å²) in [6.45, 7) is 4.72. The molecule has 8 aromatic carbocycles. The molecule has 1 aromatic heterocycles. The van der Waals surface area contributed by atoms with Crippen molar-refractivity contribution in [2.45, 2.75) is 19.3 Å². The van der Waals surface area contributed by atoms with Crippen LogP contribution in [0.15, 0.2) is 150 Å². The molecule has 0 spiro atoms. The van der Waals surface area contributed by atoms with Crippen LogP contribution < -0.4 is 0 Å². The molecule has 0 amide bonds. The lowest BCUT2D eigenvalue weighted by Gasteiger charge is -2.22. The molecule has 0 saturated heterocycles. The highest BCUT2D eigenvalue weighted by Gasteiger charge is 2.38. The van der Waals surface area contributed by atoms with E-state index in [9.17, 15) is 0 Å². The first-order chi connectivity index (χ1) is 22.6. The summed E-state index contributed by atoms with van der Waals surface area (Å²) in [6.07, 6.45) is 0. The highest BCUT2D eigenvalue weighted by Crippen LogP contribution is 2.55. The number of hydrogen-bond acceptors (Lipinski definition) is 1. The Morgan fingerprint density at radius 1 is 0.435 bits per heavy atom. The van der Waals surface area contributed by atoms with E-state index >= 15 is 0 Å². The molecule has 1 heterocycles. The van der Waals surface area contributed by atoms with Gasteiger partial charge in [0.2, 0.25) is 0 Å². The van der Waals surface area contributed by atoms with Gasteiger partial charge in [0.05, 0.1) is 0 Å². The summed E-state index contributed by atoms with van der Waals surface area (Å²) in [7, 11) is 0. The van der Waals surface area contributed by atoms with Crippen molar-refractivity contribution in [2.75, 3.05) is 0 Å². The van der Waals surface area contributed by atoms with Crippen molar-refractivity contribution in [2.24, 2.45) is 0 Å². The molecule has 0 N–H and O–H groups in total. The summed E-state index contributed by atoms with van der Waals surface area (Å²) in [4.78, 5) is 0. The Kier molecular flexibility index (Phi) is 5.12. The van der Waals surface area contributed by atoms with Crippen LogP contribution in [0.2, 0.25) is 0 Å². The molecule has 1 nitrogen and oxygen atoms in total. The van der Waals surface area contributed by atoms with Gasteiger partial charge in [-0.15, -0.1) is 0 Å². The highest BCUT2D eigenvalue weighted by molar-refractivity contribution is 6.23. The first-order valence-electron chi connectivity index (χ1n) is 16.1. The summed E-state index contributed by atoms with van der Waals surface area (Å²) in [5, 5.41) is 9.86. The standard InChI is InChI=1S/C45H30O/c1-45(2)37-23-21-29(41-33-18-10-8-16-31(33)40(28-13-4-3-5-14-28)32-17-9-11-19-34(32)41)26-36(37)42-38(45)24-25-39-43(42)35-22-20-27-12-6-7-15-30(27)44(35)46-39/h3-26H,1-2H3. The van der Waals surface area contributed by atoms with Crippen LogP contribution in [-0.2, 0) is 5.41 Å². The fourth-order valence-corrected chi connectivity index (χ4v) is 8.35. The number of rotatable bonds is 2. The zero-order valence-electron chi connectivity index (χ0n) is 25.8. The third-order valence-electron chi connectivity index (χ3n) is 10.4. The maximum absolute atomic E-state index is 6.66. The second kappa shape index (κ2) is 9.19. The lowest BCUT2D eigenvalue weighted by molar-refractivity contribution is 0.657. The van der Waals surface area contributed by atoms with Crippen molar-refractivity contribution in [3.8, 4) is 33.4 Å². The minimum Gasteiger partial charge on any atom is -0.455 e. The van der Waals surface area contributed by atoms with Gasteiger partial charge >= 0.3 is 0 Å². The first-order valence-corrected chi connectivity index (χ1v) is 16.1. The predicted molar refractivity (Wildman–Crippen MR) is 195 cm³/mol. The normalized spacial score (nSPS) is 13.6. The van der Waals surface area contributed by atoms with E-state index in [0.717, 1.165) is 16.6 Å². The number of hydrogen-bond donors (Lipinski definition) is 0. The van der Waals surface area contributed by atoms with Gasteiger partial charge < -0.3 is 4.42 Å². The van der Waals surface area contributed by atoms with Crippen LogP contribution in [0.3, 0.4) is 0 Å². The van der Waals surface area contributed by atoms with Gasteiger partial charge in [-0.2, -0.15) is 0 Å². The fourth-order valence-electron chi connectivity index (χ4n) is 8.35. The van der Waals surface area contributed by atoms with Gasteiger partial charge in [-0.25, -0.2) is 0 Å². The smallest absolute Gasteiger partial charge is 0.143 e. The Balaban J connectivity index is 1.30. The Hall–Kier alpha value is -5.66. The van der Waals surface area contributed by atoms with Crippen LogP contribution in [-0.4, -0.2) is 0 Å². The van der Waals surface area contributed by atoms with E-state index in [1.165, 1.54) is 82.2 Å². The number of benzene rings is 8. The summed E-state index contributed by atoms with van der Waals surface area (Å²) in [5.41, 5.74) is 12.2. The summed E-state index contributed by atoms with van der Waals surface area (Å²) in [5.74, 6) is 0. The molecule has 0 aliphatic heterocycles. The van der Waals surface area contributed by atoms with Crippen molar-refractivity contribution < 1.29 is 4.42 Å².